The third-order valence-electron chi connectivity index (χ3n) is 5.36. The molecule has 9 heteroatoms. The molecule has 4 rings (SSSR count). The summed E-state index contributed by atoms with van der Waals surface area (Å²) < 4.78 is 2.38. The Bertz CT molecular complexity index is 1370. The quantitative estimate of drug-likeness (QED) is 0.643. The number of pyridine rings is 1. The van der Waals surface area contributed by atoms with E-state index in [0.29, 0.717) is 46.2 Å². The van der Waals surface area contributed by atoms with E-state index in [1.54, 1.807) is 25.2 Å². The van der Waals surface area contributed by atoms with Crippen molar-refractivity contribution in [2.75, 3.05) is 18.0 Å². The van der Waals surface area contributed by atoms with Crippen molar-refractivity contribution in [3.05, 3.63) is 67.3 Å². The maximum absolute atomic E-state index is 13.2. The Morgan fingerprint density at radius 3 is 2.53 bits per heavy atom. The van der Waals surface area contributed by atoms with Crippen molar-refractivity contribution >= 4 is 28.5 Å². The molecule has 0 spiro atoms. The molecule has 0 fully saturated rings. The number of rotatable bonds is 3. The second kappa shape index (κ2) is 7.44. The van der Waals surface area contributed by atoms with Gasteiger partial charge in [-0.3, -0.25) is 13.9 Å². The Morgan fingerprint density at radius 2 is 1.90 bits per heavy atom. The van der Waals surface area contributed by atoms with Crippen molar-refractivity contribution in [1.29, 1.82) is 5.26 Å². The molecule has 8 nitrogen and oxygen atoms in total. The number of fused-ring (bicyclic) bond motifs is 1. The number of anilines is 1. The Labute approximate surface area is 177 Å². The summed E-state index contributed by atoms with van der Waals surface area (Å²) in [5, 5.41) is 10.4. The van der Waals surface area contributed by atoms with E-state index in [-0.39, 0.29) is 17.6 Å². The normalized spacial score (nSPS) is 13.2. The van der Waals surface area contributed by atoms with E-state index < -0.39 is 11.2 Å². The summed E-state index contributed by atoms with van der Waals surface area (Å²) in [4.78, 5) is 32.5. The van der Waals surface area contributed by atoms with Gasteiger partial charge in [0.15, 0.2) is 5.65 Å². The first-order valence-electron chi connectivity index (χ1n) is 9.31. The molecule has 0 aliphatic carbocycles. The minimum atomic E-state index is -0.491. The molecule has 3 heterocycles. The number of hydrogen-bond acceptors (Lipinski definition) is 6. The molecule has 30 heavy (non-hydrogen) atoms. The van der Waals surface area contributed by atoms with Crippen molar-refractivity contribution in [1.82, 2.24) is 14.1 Å². The Kier molecular flexibility index (Phi) is 4.94. The summed E-state index contributed by atoms with van der Waals surface area (Å²) >= 11 is 6.10. The van der Waals surface area contributed by atoms with Crippen LogP contribution in [0.1, 0.15) is 11.1 Å². The van der Waals surface area contributed by atoms with Crippen LogP contribution in [0.3, 0.4) is 0 Å². The van der Waals surface area contributed by atoms with E-state index in [1.165, 1.54) is 11.6 Å². The largest absolute Gasteiger partial charge is 0.349 e. The lowest BCUT2D eigenvalue weighted by atomic mass is 9.93. The van der Waals surface area contributed by atoms with Gasteiger partial charge in [-0.05, 0) is 12.1 Å². The minimum absolute atomic E-state index is 0.101. The first-order valence-corrected chi connectivity index (χ1v) is 9.69. The first-order chi connectivity index (χ1) is 14.4. The van der Waals surface area contributed by atoms with Gasteiger partial charge in [-0.25, -0.2) is 9.78 Å². The van der Waals surface area contributed by atoms with Gasteiger partial charge in [-0.2, -0.15) is 5.26 Å². The van der Waals surface area contributed by atoms with E-state index in [0.717, 1.165) is 4.57 Å². The van der Waals surface area contributed by atoms with Crippen LogP contribution in [0.15, 0.2) is 39.9 Å². The summed E-state index contributed by atoms with van der Waals surface area (Å²) in [6, 6.07) is 7.06. The standard InChI is InChI=1S/C21H19ClN6O2/c1-26-19-17(20(29)27(2)21(26)30)16(14-6-5-13(22)9-12(14)10-23)15(11-24)18(25-19)28-7-3-4-8-28/h3-6,9H,7-8,11,24H2,1-2H3. The number of nitriles is 1. The molecule has 3 aromatic rings. The lowest BCUT2D eigenvalue weighted by Crippen LogP contribution is -2.38. The third-order valence-corrected chi connectivity index (χ3v) is 5.60. The van der Waals surface area contributed by atoms with Crippen LogP contribution in [0.2, 0.25) is 5.02 Å². The molecule has 0 unspecified atom stereocenters. The highest BCUT2D eigenvalue weighted by Crippen LogP contribution is 2.37. The van der Waals surface area contributed by atoms with Crippen LogP contribution >= 0.6 is 11.6 Å². The average molecular weight is 423 g/mol. The predicted molar refractivity (Wildman–Crippen MR) is 117 cm³/mol. The first kappa shape index (κ1) is 19.9. The average Bonchev–Trinajstić information content (AvgIpc) is 3.29. The van der Waals surface area contributed by atoms with Crippen LogP contribution in [0, 0.1) is 11.3 Å². The van der Waals surface area contributed by atoms with E-state index >= 15 is 0 Å². The Morgan fingerprint density at radius 1 is 1.20 bits per heavy atom. The molecule has 0 bridgehead atoms. The highest BCUT2D eigenvalue weighted by Gasteiger charge is 2.26. The highest BCUT2D eigenvalue weighted by atomic mass is 35.5. The van der Waals surface area contributed by atoms with Gasteiger partial charge in [0, 0.05) is 55.4 Å². The monoisotopic (exact) mass is 422 g/mol. The van der Waals surface area contributed by atoms with Gasteiger partial charge in [-0.15, -0.1) is 0 Å². The second-order valence-electron chi connectivity index (χ2n) is 7.08. The van der Waals surface area contributed by atoms with Gasteiger partial charge >= 0.3 is 5.69 Å². The fourth-order valence-corrected chi connectivity index (χ4v) is 4.02. The Hall–Kier alpha value is -3.41. The molecular weight excluding hydrogens is 404 g/mol. The van der Waals surface area contributed by atoms with E-state index in [4.69, 9.17) is 22.3 Å². The number of aryl methyl sites for hydroxylation is 1. The van der Waals surface area contributed by atoms with E-state index in [2.05, 4.69) is 6.07 Å². The molecule has 1 aliphatic heterocycles. The SMILES string of the molecule is Cn1c(=O)c2c(-c3ccc(Cl)cc3C#N)c(CN)c(N3CC=CC3)nc2n(C)c1=O. The highest BCUT2D eigenvalue weighted by molar-refractivity contribution is 6.30. The van der Waals surface area contributed by atoms with Gasteiger partial charge in [0.1, 0.15) is 5.82 Å². The van der Waals surface area contributed by atoms with Crippen molar-refractivity contribution in [3.8, 4) is 17.2 Å². The number of aromatic nitrogens is 3. The van der Waals surface area contributed by atoms with E-state index in [9.17, 15) is 14.9 Å². The molecule has 1 aliphatic rings. The molecule has 2 aromatic heterocycles. The van der Waals surface area contributed by atoms with Crippen LogP contribution in [-0.2, 0) is 20.6 Å². The molecule has 0 saturated heterocycles. The van der Waals surface area contributed by atoms with E-state index in [1.807, 2.05) is 17.1 Å². The number of hydrogen-bond donors (Lipinski definition) is 1. The summed E-state index contributed by atoms with van der Waals surface area (Å²) in [7, 11) is 2.99. The summed E-state index contributed by atoms with van der Waals surface area (Å²) in [6.45, 7) is 1.37. The van der Waals surface area contributed by atoms with Crippen LogP contribution < -0.4 is 21.9 Å². The summed E-state index contributed by atoms with van der Waals surface area (Å²) in [5.41, 5.74) is 7.41. The topological polar surface area (TPSA) is 110 Å². The molecule has 152 valence electrons. The second-order valence-corrected chi connectivity index (χ2v) is 7.51. The zero-order valence-electron chi connectivity index (χ0n) is 16.5. The van der Waals surface area contributed by atoms with Crippen molar-refractivity contribution in [3.63, 3.8) is 0 Å². The number of nitrogens with zero attached hydrogens (tertiary/aromatic N) is 5. The van der Waals surface area contributed by atoms with Gasteiger partial charge < -0.3 is 10.6 Å². The molecular formula is C21H19ClN6O2. The maximum Gasteiger partial charge on any atom is 0.332 e. The van der Waals surface area contributed by atoms with Gasteiger partial charge in [0.2, 0.25) is 0 Å². The fourth-order valence-electron chi connectivity index (χ4n) is 3.84. The minimum Gasteiger partial charge on any atom is -0.349 e. The molecule has 0 radical (unpaired) electrons. The zero-order valence-corrected chi connectivity index (χ0v) is 17.3. The Balaban J connectivity index is 2.26. The van der Waals surface area contributed by atoms with Crippen LogP contribution in [0.25, 0.3) is 22.2 Å². The fraction of sp³-hybridized carbons (Fsp3) is 0.238. The van der Waals surface area contributed by atoms with Crippen LogP contribution in [0.4, 0.5) is 5.82 Å². The molecule has 0 atom stereocenters. The maximum atomic E-state index is 13.2. The number of benzene rings is 1. The number of nitrogens with two attached hydrogens (primary N) is 1. The number of halogens is 1. The summed E-state index contributed by atoms with van der Waals surface area (Å²) in [5.74, 6) is 0.590. The van der Waals surface area contributed by atoms with Gasteiger partial charge in [0.25, 0.3) is 5.56 Å². The van der Waals surface area contributed by atoms with Crippen molar-refractivity contribution in [2.45, 2.75) is 6.54 Å². The van der Waals surface area contributed by atoms with Crippen molar-refractivity contribution < 1.29 is 0 Å². The van der Waals surface area contributed by atoms with Gasteiger partial charge in [-0.1, -0.05) is 29.8 Å². The molecule has 1 aromatic carbocycles. The molecule has 0 amide bonds. The predicted octanol–water partition coefficient (Wildman–Crippen LogP) is 1.66. The molecule has 2 N–H and O–H groups in total. The lowest BCUT2D eigenvalue weighted by Gasteiger charge is -2.24. The van der Waals surface area contributed by atoms with Crippen LogP contribution in [-0.4, -0.2) is 27.2 Å². The molecule has 0 saturated carbocycles. The smallest absolute Gasteiger partial charge is 0.332 e. The van der Waals surface area contributed by atoms with Crippen molar-refractivity contribution in [2.24, 2.45) is 19.8 Å². The van der Waals surface area contributed by atoms with Gasteiger partial charge in [0.05, 0.1) is 17.0 Å². The summed E-state index contributed by atoms with van der Waals surface area (Å²) in [6.07, 6.45) is 4.02. The zero-order chi connectivity index (χ0) is 21.6. The van der Waals surface area contributed by atoms with Crippen LogP contribution in [0.5, 0.6) is 0 Å². The lowest BCUT2D eigenvalue weighted by molar-refractivity contribution is 0.706. The third kappa shape index (κ3) is 2.91.